The lowest BCUT2D eigenvalue weighted by Crippen LogP contribution is -2.23. The van der Waals surface area contributed by atoms with E-state index in [2.05, 4.69) is 39.8 Å². The number of nitrogens with zero attached hydrogens (tertiary/aromatic N) is 4. The average molecular weight is 579 g/mol. The minimum absolute atomic E-state index is 0.136. The first-order valence-corrected chi connectivity index (χ1v) is 15.3. The molecule has 5 rings (SSSR count). The first-order chi connectivity index (χ1) is 19.2. The van der Waals surface area contributed by atoms with Gasteiger partial charge in [0.2, 0.25) is 20.0 Å². The third kappa shape index (κ3) is 5.70. The zero-order valence-electron chi connectivity index (χ0n) is 21.6. The molecular weight excluding hydrogens is 552 g/mol. The molecule has 0 unspecified atom stereocenters. The molecule has 2 aromatic heterocycles. The monoisotopic (exact) mass is 578 g/mol. The van der Waals surface area contributed by atoms with Gasteiger partial charge in [0.25, 0.3) is 0 Å². The average Bonchev–Trinajstić information content (AvgIpc) is 3.64. The molecule has 0 aliphatic heterocycles. The summed E-state index contributed by atoms with van der Waals surface area (Å²) in [6.45, 7) is 4.00. The molecule has 206 valence electrons. The molecule has 12 nitrogen and oxygen atoms in total. The van der Waals surface area contributed by atoms with Crippen LogP contribution in [0.5, 0.6) is 0 Å². The highest BCUT2D eigenvalue weighted by atomic mass is 32.2. The van der Waals surface area contributed by atoms with Crippen LogP contribution < -0.4 is 9.44 Å². The number of H-pyrrole nitrogens is 2. The van der Waals surface area contributed by atoms with Crippen molar-refractivity contribution in [2.75, 3.05) is 13.1 Å². The van der Waals surface area contributed by atoms with Crippen LogP contribution in [-0.2, 0) is 20.0 Å². The Labute approximate surface area is 231 Å². The predicted octanol–water partition coefficient (Wildman–Crippen LogP) is 3.19. The highest BCUT2D eigenvalue weighted by Gasteiger charge is 2.17. The maximum Gasteiger partial charge on any atom is 0.240 e. The molecule has 0 saturated carbocycles. The number of aromatic amines is 2. The lowest BCUT2D eigenvalue weighted by molar-refractivity contribution is 0.582. The number of rotatable bonds is 10. The van der Waals surface area contributed by atoms with E-state index in [1.165, 1.54) is 24.3 Å². The SMILES string of the molecule is CCNS(=O)(=O)c1cccc(-c2nc(-c3cccc(-c4n[nH]c(-c5cccc(S(=O)(=O)NCC)c5)n4)c3)n[nH]2)c1. The second-order valence-corrected chi connectivity index (χ2v) is 12.2. The van der Waals surface area contributed by atoms with E-state index in [-0.39, 0.29) is 22.9 Å². The predicted molar refractivity (Wildman–Crippen MR) is 150 cm³/mol. The Balaban J connectivity index is 1.41. The number of hydrogen-bond acceptors (Lipinski definition) is 8. The van der Waals surface area contributed by atoms with E-state index in [4.69, 9.17) is 0 Å². The summed E-state index contributed by atoms with van der Waals surface area (Å²) in [6, 6.07) is 20.2. The first-order valence-electron chi connectivity index (χ1n) is 12.4. The van der Waals surface area contributed by atoms with E-state index in [1.54, 1.807) is 38.1 Å². The van der Waals surface area contributed by atoms with Crippen LogP contribution in [0.1, 0.15) is 13.8 Å². The van der Waals surface area contributed by atoms with Gasteiger partial charge in [0.1, 0.15) is 0 Å². The molecule has 2 heterocycles. The van der Waals surface area contributed by atoms with Gasteiger partial charge >= 0.3 is 0 Å². The Hall–Kier alpha value is -4.24. The van der Waals surface area contributed by atoms with E-state index < -0.39 is 20.0 Å². The fraction of sp³-hybridized carbons (Fsp3) is 0.154. The third-order valence-electron chi connectivity index (χ3n) is 5.85. The van der Waals surface area contributed by atoms with Crippen LogP contribution in [0.4, 0.5) is 0 Å². The van der Waals surface area contributed by atoms with Gasteiger partial charge in [0, 0.05) is 35.3 Å². The smallest absolute Gasteiger partial charge is 0.240 e. The van der Waals surface area contributed by atoms with Crippen molar-refractivity contribution in [2.24, 2.45) is 0 Å². The van der Waals surface area contributed by atoms with Crippen molar-refractivity contribution in [1.29, 1.82) is 0 Å². The van der Waals surface area contributed by atoms with Gasteiger partial charge in [-0.3, -0.25) is 10.2 Å². The lowest BCUT2D eigenvalue weighted by atomic mass is 10.1. The molecule has 0 spiro atoms. The van der Waals surface area contributed by atoms with Crippen molar-refractivity contribution in [3.63, 3.8) is 0 Å². The van der Waals surface area contributed by atoms with Crippen molar-refractivity contribution >= 4 is 20.0 Å². The Morgan fingerprint density at radius 1 is 0.600 bits per heavy atom. The molecule has 40 heavy (non-hydrogen) atoms. The highest BCUT2D eigenvalue weighted by molar-refractivity contribution is 7.89. The number of nitrogens with one attached hydrogen (secondary N) is 4. The van der Waals surface area contributed by atoms with Crippen molar-refractivity contribution < 1.29 is 16.8 Å². The van der Waals surface area contributed by atoms with E-state index >= 15 is 0 Å². The van der Waals surface area contributed by atoms with Gasteiger partial charge in [0.15, 0.2) is 23.3 Å². The Morgan fingerprint density at radius 3 is 1.43 bits per heavy atom. The lowest BCUT2D eigenvalue weighted by Gasteiger charge is -2.05. The van der Waals surface area contributed by atoms with Crippen LogP contribution in [0.3, 0.4) is 0 Å². The normalized spacial score (nSPS) is 12.1. The Bertz CT molecular complexity index is 1750. The highest BCUT2D eigenvalue weighted by Crippen LogP contribution is 2.27. The molecule has 0 saturated heterocycles. The second kappa shape index (κ2) is 11.1. The largest absolute Gasteiger partial charge is 0.259 e. The van der Waals surface area contributed by atoms with E-state index in [1.807, 2.05) is 24.3 Å². The summed E-state index contributed by atoms with van der Waals surface area (Å²) in [5, 5.41) is 14.4. The van der Waals surface area contributed by atoms with Crippen LogP contribution in [0.15, 0.2) is 82.6 Å². The summed E-state index contributed by atoms with van der Waals surface area (Å²) in [4.78, 5) is 9.40. The summed E-state index contributed by atoms with van der Waals surface area (Å²) in [5.41, 5.74) is 2.54. The Morgan fingerprint density at radius 2 is 1.00 bits per heavy atom. The quantitative estimate of drug-likeness (QED) is 0.195. The zero-order chi connectivity index (χ0) is 28.3. The third-order valence-corrected chi connectivity index (χ3v) is 8.94. The molecule has 0 aliphatic rings. The molecule has 3 aromatic carbocycles. The van der Waals surface area contributed by atoms with Gasteiger partial charge in [-0.2, -0.15) is 10.2 Å². The van der Waals surface area contributed by atoms with E-state index in [0.717, 1.165) is 0 Å². The molecule has 0 amide bonds. The molecule has 0 atom stereocenters. The van der Waals surface area contributed by atoms with Gasteiger partial charge in [-0.1, -0.05) is 56.3 Å². The molecule has 0 aliphatic carbocycles. The summed E-state index contributed by atoms with van der Waals surface area (Å²) in [7, 11) is -7.23. The molecule has 0 radical (unpaired) electrons. The first kappa shape index (κ1) is 27.3. The minimum atomic E-state index is -3.62. The van der Waals surface area contributed by atoms with Gasteiger partial charge < -0.3 is 0 Å². The second-order valence-electron chi connectivity index (χ2n) is 8.65. The zero-order valence-corrected chi connectivity index (χ0v) is 23.2. The fourth-order valence-corrected chi connectivity index (χ4v) is 6.18. The fourth-order valence-electron chi connectivity index (χ4n) is 4.01. The number of benzene rings is 3. The summed E-state index contributed by atoms with van der Waals surface area (Å²) >= 11 is 0. The van der Waals surface area contributed by atoms with E-state index in [0.29, 0.717) is 45.6 Å². The molecule has 0 fully saturated rings. The summed E-state index contributed by atoms with van der Waals surface area (Å²) in [5.74, 6) is 1.66. The summed E-state index contributed by atoms with van der Waals surface area (Å²) < 4.78 is 54.5. The van der Waals surface area contributed by atoms with Crippen molar-refractivity contribution in [1.82, 2.24) is 39.8 Å². The standard InChI is InChI=1S/C26H26N8O4S2/c1-3-27-39(35,36)21-12-6-10-19(15-21)25-29-23(31-33-25)17-8-5-9-18(14-17)24-30-26(34-32-24)20-11-7-13-22(16-20)40(37,38)28-4-2/h5-16,27-28H,3-4H2,1-2H3,(H,29,31,33)(H,30,32,34). The van der Waals surface area contributed by atoms with Crippen LogP contribution in [0.2, 0.25) is 0 Å². The minimum Gasteiger partial charge on any atom is -0.259 e. The molecule has 4 N–H and O–H groups in total. The maximum absolute atomic E-state index is 12.4. The van der Waals surface area contributed by atoms with Crippen LogP contribution in [0, 0.1) is 0 Å². The van der Waals surface area contributed by atoms with Gasteiger partial charge in [-0.15, -0.1) is 0 Å². The number of sulfonamides is 2. The molecule has 0 bridgehead atoms. The van der Waals surface area contributed by atoms with Crippen molar-refractivity contribution in [3.05, 3.63) is 72.8 Å². The number of hydrogen-bond donors (Lipinski definition) is 4. The van der Waals surface area contributed by atoms with Gasteiger partial charge in [-0.05, 0) is 30.3 Å². The van der Waals surface area contributed by atoms with Crippen LogP contribution >= 0.6 is 0 Å². The van der Waals surface area contributed by atoms with Crippen LogP contribution in [0.25, 0.3) is 45.6 Å². The van der Waals surface area contributed by atoms with E-state index in [9.17, 15) is 16.8 Å². The van der Waals surface area contributed by atoms with Crippen LogP contribution in [-0.4, -0.2) is 60.3 Å². The number of aromatic nitrogens is 6. The molecular formula is C26H26N8O4S2. The van der Waals surface area contributed by atoms with Gasteiger partial charge in [-0.25, -0.2) is 36.2 Å². The topological polar surface area (TPSA) is 175 Å². The maximum atomic E-state index is 12.4. The van der Waals surface area contributed by atoms with Crippen molar-refractivity contribution in [3.8, 4) is 45.6 Å². The molecule has 5 aromatic rings. The van der Waals surface area contributed by atoms with Gasteiger partial charge in [0.05, 0.1) is 9.79 Å². The Kier molecular flexibility index (Phi) is 7.58. The summed E-state index contributed by atoms with van der Waals surface area (Å²) in [6.07, 6.45) is 0. The molecule has 14 heteroatoms. The van der Waals surface area contributed by atoms with Crippen molar-refractivity contribution in [2.45, 2.75) is 23.6 Å².